The van der Waals surface area contributed by atoms with Crippen LogP contribution in [0.25, 0.3) is 23.3 Å². The van der Waals surface area contributed by atoms with Gasteiger partial charge in [0.2, 0.25) is 0 Å². The van der Waals surface area contributed by atoms with Crippen LogP contribution in [0.5, 0.6) is 0 Å². The summed E-state index contributed by atoms with van der Waals surface area (Å²) in [5.41, 5.74) is 4.80. The van der Waals surface area contributed by atoms with E-state index < -0.39 is 0 Å². The van der Waals surface area contributed by atoms with Crippen molar-refractivity contribution in [2.24, 2.45) is 0 Å². The fraction of sp³-hybridized carbons (Fsp3) is 0.154. The van der Waals surface area contributed by atoms with Gasteiger partial charge in [0.25, 0.3) is 0 Å². The molecule has 0 radical (unpaired) electrons. The molecule has 0 N–H and O–H groups in total. The largest absolute Gasteiger partial charge is 0.289 e. The molecule has 2 heteroatoms. The van der Waals surface area contributed by atoms with Gasteiger partial charge in [0.1, 0.15) is 0 Å². The average Bonchev–Trinajstić information content (AvgIpc) is 2.75. The van der Waals surface area contributed by atoms with E-state index in [1.807, 2.05) is 85.9 Å². The fourth-order valence-corrected chi connectivity index (χ4v) is 2.70. The van der Waals surface area contributed by atoms with E-state index in [2.05, 4.69) is 25.4 Å². The smallest absolute Gasteiger partial charge is 0.195 e. The Labute approximate surface area is 168 Å². The maximum atomic E-state index is 13.1. The summed E-state index contributed by atoms with van der Waals surface area (Å²) in [7, 11) is 0. The second-order valence-electron chi connectivity index (χ2n) is 6.39. The number of nitrogens with zero attached hydrogens (tertiary/aromatic N) is 1. The molecule has 3 aromatic rings. The number of pyridine rings is 1. The summed E-state index contributed by atoms with van der Waals surface area (Å²) < 4.78 is 0. The topological polar surface area (TPSA) is 30.0 Å². The molecule has 0 saturated heterocycles. The Morgan fingerprint density at radius 1 is 1.00 bits per heavy atom. The van der Waals surface area contributed by atoms with Crippen molar-refractivity contribution in [1.29, 1.82) is 0 Å². The van der Waals surface area contributed by atoms with Crippen molar-refractivity contribution >= 4 is 17.9 Å². The van der Waals surface area contributed by atoms with Gasteiger partial charge in [0, 0.05) is 22.9 Å². The molecule has 2 nitrogen and oxygen atoms in total. The van der Waals surface area contributed by atoms with Crippen molar-refractivity contribution in [2.75, 3.05) is 0 Å². The van der Waals surface area contributed by atoms with Crippen molar-refractivity contribution in [3.8, 4) is 11.1 Å². The number of carbonyl (C=O) groups excluding carboxylic acids is 1. The average molecular weight is 370 g/mol. The first-order valence-corrected chi connectivity index (χ1v) is 9.59. The van der Waals surface area contributed by atoms with Gasteiger partial charge in [-0.05, 0) is 36.3 Å². The lowest BCUT2D eigenvalue weighted by Crippen LogP contribution is -2.06. The predicted octanol–water partition coefficient (Wildman–Crippen LogP) is 7.07. The van der Waals surface area contributed by atoms with Gasteiger partial charge in [-0.3, -0.25) is 9.78 Å². The normalized spacial score (nSPS) is 10.2. The number of hydrogen-bond donors (Lipinski definition) is 0. The molecule has 0 unspecified atom stereocenters. The minimum atomic E-state index is -0.0397. The van der Waals surface area contributed by atoms with Crippen molar-refractivity contribution in [2.45, 2.75) is 27.2 Å². The van der Waals surface area contributed by atoms with Gasteiger partial charge in [0.15, 0.2) is 5.78 Å². The Balaban J connectivity index is 0.000000878. The number of rotatable bonds is 5. The van der Waals surface area contributed by atoms with Crippen LogP contribution in [0.2, 0.25) is 0 Å². The first-order valence-electron chi connectivity index (χ1n) is 9.59. The van der Waals surface area contributed by atoms with Crippen LogP contribution in [0.4, 0.5) is 0 Å². The summed E-state index contributed by atoms with van der Waals surface area (Å²) in [6.07, 6.45) is 8.55. The first-order chi connectivity index (χ1) is 13.6. The first kappa shape index (κ1) is 21.0. The number of aromatic nitrogens is 1. The van der Waals surface area contributed by atoms with Crippen LogP contribution < -0.4 is 0 Å². The third kappa shape index (κ3) is 5.37. The Kier molecular flexibility index (Phi) is 8.11. The van der Waals surface area contributed by atoms with E-state index in [4.69, 9.17) is 0 Å². The SMILES string of the molecule is C=Cc1cccc(C(=O)c2cc(-c3ccccc3)cnc2/C=C\C)c1.CCC. The van der Waals surface area contributed by atoms with E-state index in [-0.39, 0.29) is 5.78 Å². The third-order valence-electron chi connectivity index (χ3n) is 3.98. The highest BCUT2D eigenvalue weighted by Gasteiger charge is 2.15. The van der Waals surface area contributed by atoms with Crippen LogP contribution >= 0.6 is 0 Å². The van der Waals surface area contributed by atoms with Gasteiger partial charge in [-0.15, -0.1) is 0 Å². The molecule has 0 aliphatic heterocycles. The quantitative estimate of drug-likeness (QED) is 0.450. The molecule has 0 saturated carbocycles. The third-order valence-corrected chi connectivity index (χ3v) is 3.98. The summed E-state index contributed by atoms with van der Waals surface area (Å²) in [6.45, 7) is 9.94. The fourth-order valence-electron chi connectivity index (χ4n) is 2.70. The van der Waals surface area contributed by atoms with Crippen LogP contribution in [0.3, 0.4) is 0 Å². The Bertz CT molecular complexity index is 955. The molecule has 28 heavy (non-hydrogen) atoms. The molecule has 0 spiro atoms. The molecule has 1 heterocycles. The lowest BCUT2D eigenvalue weighted by molar-refractivity contribution is 0.103. The van der Waals surface area contributed by atoms with Gasteiger partial charge in [-0.1, -0.05) is 87.5 Å². The predicted molar refractivity (Wildman–Crippen MR) is 120 cm³/mol. The Hall–Kier alpha value is -3.26. The molecule has 0 bridgehead atoms. The molecule has 3 rings (SSSR count). The lowest BCUT2D eigenvalue weighted by atomic mass is 9.97. The van der Waals surface area contributed by atoms with E-state index in [9.17, 15) is 4.79 Å². The Morgan fingerprint density at radius 2 is 1.71 bits per heavy atom. The Morgan fingerprint density at radius 3 is 2.36 bits per heavy atom. The number of allylic oxidation sites excluding steroid dienone is 1. The van der Waals surface area contributed by atoms with Crippen molar-refractivity contribution in [1.82, 2.24) is 4.98 Å². The summed E-state index contributed by atoms with van der Waals surface area (Å²) in [5.74, 6) is -0.0397. The molecule has 0 amide bonds. The highest BCUT2D eigenvalue weighted by Crippen LogP contribution is 2.24. The van der Waals surface area contributed by atoms with Gasteiger partial charge in [0.05, 0.1) is 5.69 Å². The van der Waals surface area contributed by atoms with Gasteiger partial charge in [-0.25, -0.2) is 0 Å². The van der Waals surface area contributed by atoms with Crippen molar-refractivity contribution in [3.63, 3.8) is 0 Å². The van der Waals surface area contributed by atoms with Gasteiger partial charge >= 0.3 is 0 Å². The standard InChI is InChI=1S/C23H19NO.C3H8/c1-3-9-22-21(23(25)19-13-8-10-17(4-2)14-19)15-20(16-24-22)18-11-6-5-7-12-18;1-3-2/h3-16H,2H2,1H3;3H2,1-2H3/b9-3-;. The molecular weight excluding hydrogens is 342 g/mol. The van der Waals surface area contributed by atoms with Gasteiger partial charge in [-0.2, -0.15) is 0 Å². The maximum absolute atomic E-state index is 13.1. The van der Waals surface area contributed by atoms with Crippen LogP contribution in [0, 0.1) is 0 Å². The van der Waals surface area contributed by atoms with Crippen LogP contribution in [0.15, 0.2) is 79.5 Å². The zero-order valence-corrected chi connectivity index (χ0v) is 16.9. The number of carbonyl (C=O) groups is 1. The second-order valence-corrected chi connectivity index (χ2v) is 6.39. The highest BCUT2D eigenvalue weighted by atomic mass is 16.1. The molecule has 1 aromatic heterocycles. The van der Waals surface area contributed by atoms with E-state index in [1.54, 1.807) is 6.08 Å². The van der Waals surface area contributed by atoms with E-state index in [0.717, 1.165) is 16.7 Å². The number of ketones is 1. The van der Waals surface area contributed by atoms with Crippen LogP contribution in [-0.4, -0.2) is 10.8 Å². The molecule has 142 valence electrons. The van der Waals surface area contributed by atoms with Crippen LogP contribution in [-0.2, 0) is 0 Å². The summed E-state index contributed by atoms with van der Waals surface area (Å²) >= 11 is 0. The molecule has 0 atom stereocenters. The number of benzene rings is 2. The summed E-state index contributed by atoms with van der Waals surface area (Å²) in [4.78, 5) is 17.6. The molecule has 0 aliphatic carbocycles. The lowest BCUT2D eigenvalue weighted by Gasteiger charge is -2.09. The molecule has 2 aromatic carbocycles. The second kappa shape index (κ2) is 10.8. The van der Waals surface area contributed by atoms with Crippen molar-refractivity contribution < 1.29 is 4.79 Å². The van der Waals surface area contributed by atoms with Gasteiger partial charge < -0.3 is 0 Å². The zero-order valence-electron chi connectivity index (χ0n) is 16.9. The van der Waals surface area contributed by atoms with Crippen LogP contribution in [0.1, 0.15) is 54.4 Å². The number of hydrogen-bond acceptors (Lipinski definition) is 2. The zero-order chi connectivity index (χ0) is 20.4. The highest BCUT2D eigenvalue weighted by molar-refractivity contribution is 6.11. The molecule has 0 fully saturated rings. The molecular formula is C26H27NO. The molecule has 0 aliphatic rings. The monoisotopic (exact) mass is 369 g/mol. The van der Waals surface area contributed by atoms with Crippen molar-refractivity contribution in [3.05, 3.63) is 102 Å². The van der Waals surface area contributed by atoms with E-state index in [0.29, 0.717) is 16.8 Å². The summed E-state index contributed by atoms with van der Waals surface area (Å²) in [5, 5.41) is 0. The van der Waals surface area contributed by atoms with E-state index in [1.165, 1.54) is 6.42 Å². The minimum Gasteiger partial charge on any atom is -0.289 e. The minimum absolute atomic E-state index is 0.0397. The summed E-state index contributed by atoms with van der Waals surface area (Å²) in [6, 6.07) is 19.3. The maximum Gasteiger partial charge on any atom is 0.195 e. The van der Waals surface area contributed by atoms with E-state index >= 15 is 0 Å².